The fourth-order valence-corrected chi connectivity index (χ4v) is 2.31. The summed E-state index contributed by atoms with van der Waals surface area (Å²) < 4.78 is 0. The lowest BCUT2D eigenvalue weighted by atomic mass is 9.93. The Bertz CT molecular complexity index is 536. The first-order valence-electron chi connectivity index (χ1n) is 6.47. The molecule has 0 aromatic heterocycles. The van der Waals surface area contributed by atoms with E-state index < -0.39 is 5.54 Å². The van der Waals surface area contributed by atoms with Crippen LogP contribution in [0.2, 0.25) is 5.02 Å². The monoisotopic (exact) mass is 277 g/mol. The van der Waals surface area contributed by atoms with Gasteiger partial charge in [-0.1, -0.05) is 23.7 Å². The molecule has 1 atom stereocenters. The zero-order chi connectivity index (χ0) is 13.5. The van der Waals surface area contributed by atoms with Crippen molar-refractivity contribution < 1.29 is 4.79 Å². The molecule has 1 aromatic carbocycles. The quantitative estimate of drug-likeness (QED) is 0.886. The zero-order valence-electron chi connectivity index (χ0n) is 10.7. The van der Waals surface area contributed by atoms with Crippen LogP contribution >= 0.6 is 11.6 Å². The van der Waals surface area contributed by atoms with Crippen molar-refractivity contribution in [3.63, 3.8) is 0 Å². The molecule has 1 aliphatic carbocycles. The van der Waals surface area contributed by atoms with Crippen LogP contribution in [-0.2, 0) is 11.2 Å². The van der Waals surface area contributed by atoms with Crippen LogP contribution in [0.1, 0.15) is 25.3 Å². The van der Waals surface area contributed by atoms with Crippen LogP contribution in [-0.4, -0.2) is 23.4 Å². The van der Waals surface area contributed by atoms with E-state index in [1.54, 1.807) is 0 Å². The minimum atomic E-state index is -0.637. The lowest BCUT2D eigenvalue weighted by Gasteiger charge is -2.21. The molecule has 0 bridgehead atoms. The van der Waals surface area contributed by atoms with Gasteiger partial charge in [0, 0.05) is 11.4 Å². The van der Waals surface area contributed by atoms with E-state index in [2.05, 4.69) is 15.6 Å². The summed E-state index contributed by atoms with van der Waals surface area (Å²) in [6.07, 6.45) is 2.85. The lowest BCUT2D eigenvalue weighted by Crippen LogP contribution is -2.45. The molecule has 2 aliphatic rings. The molecule has 1 saturated carbocycles. The number of carbonyl (C=O) groups is 1. The van der Waals surface area contributed by atoms with Gasteiger partial charge in [-0.15, -0.1) is 0 Å². The van der Waals surface area contributed by atoms with Gasteiger partial charge in [-0.25, -0.2) is 4.99 Å². The molecule has 2 N–H and O–H groups in total. The van der Waals surface area contributed by atoms with Crippen LogP contribution < -0.4 is 10.6 Å². The van der Waals surface area contributed by atoms with E-state index in [-0.39, 0.29) is 5.91 Å². The normalized spacial score (nSPS) is 28.3. The number of amides is 1. The van der Waals surface area contributed by atoms with E-state index in [1.807, 2.05) is 31.2 Å². The topological polar surface area (TPSA) is 53.5 Å². The van der Waals surface area contributed by atoms with Gasteiger partial charge < -0.3 is 5.32 Å². The Balaban J connectivity index is 1.75. The number of nitrogens with one attached hydrogen (secondary N) is 2. The summed E-state index contributed by atoms with van der Waals surface area (Å²) in [6, 6.07) is 7.95. The van der Waals surface area contributed by atoms with Gasteiger partial charge in [0.15, 0.2) is 5.96 Å². The maximum absolute atomic E-state index is 12.1. The van der Waals surface area contributed by atoms with Crippen molar-refractivity contribution in [3.05, 3.63) is 34.9 Å². The maximum Gasteiger partial charge on any atom is 0.252 e. The predicted octanol–water partition coefficient (Wildman–Crippen LogP) is 1.88. The summed E-state index contributed by atoms with van der Waals surface area (Å²) in [4.78, 5) is 16.5. The van der Waals surface area contributed by atoms with E-state index in [0.717, 1.165) is 18.4 Å². The second-order valence-corrected chi connectivity index (χ2v) is 5.86. The Labute approximate surface area is 117 Å². The first-order valence-corrected chi connectivity index (χ1v) is 6.85. The summed E-state index contributed by atoms with van der Waals surface area (Å²) in [5.41, 5.74) is 0.434. The first kappa shape index (κ1) is 12.5. The van der Waals surface area contributed by atoms with Crippen LogP contribution in [0.4, 0.5) is 0 Å². The molecule has 1 aromatic rings. The van der Waals surface area contributed by atoms with Crippen LogP contribution in [0.5, 0.6) is 0 Å². The fraction of sp³-hybridized carbons (Fsp3) is 0.429. The summed E-state index contributed by atoms with van der Waals surface area (Å²) in [5, 5.41) is 6.73. The highest BCUT2D eigenvalue weighted by Crippen LogP contribution is 2.25. The van der Waals surface area contributed by atoms with Gasteiger partial charge >= 0.3 is 0 Å². The molecule has 0 radical (unpaired) electrons. The van der Waals surface area contributed by atoms with Crippen molar-refractivity contribution in [2.24, 2.45) is 4.99 Å². The number of hydrogen-bond donors (Lipinski definition) is 2. The largest absolute Gasteiger partial charge is 0.342 e. The molecule has 3 rings (SSSR count). The first-order chi connectivity index (χ1) is 9.05. The SMILES string of the molecule is CC1(Cc2ccc(Cl)cc2)NC(=NC2CC2)NC1=O. The van der Waals surface area contributed by atoms with Gasteiger partial charge in [0.1, 0.15) is 5.54 Å². The summed E-state index contributed by atoms with van der Waals surface area (Å²) in [7, 11) is 0. The number of nitrogens with zero attached hydrogens (tertiary/aromatic N) is 1. The number of halogens is 1. The van der Waals surface area contributed by atoms with E-state index in [9.17, 15) is 4.79 Å². The number of rotatable bonds is 3. The molecule has 0 spiro atoms. The third-order valence-electron chi connectivity index (χ3n) is 3.46. The molecule has 4 nitrogen and oxygen atoms in total. The molecule has 2 fully saturated rings. The van der Waals surface area contributed by atoms with Gasteiger partial charge in [0.2, 0.25) is 0 Å². The summed E-state index contributed by atoms with van der Waals surface area (Å²) in [6.45, 7) is 1.90. The van der Waals surface area contributed by atoms with Gasteiger partial charge in [0.05, 0.1) is 6.04 Å². The molecule has 1 unspecified atom stereocenters. The Kier molecular flexibility index (Phi) is 2.97. The average Bonchev–Trinajstić information content (AvgIpc) is 3.11. The van der Waals surface area contributed by atoms with Crippen molar-refractivity contribution in [2.45, 2.75) is 37.8 Å². The van der Waals surface area contributed by atoms with E-state index in [4.69, 9.17) is 11.6 Å². The van der Waals surface area contributed by atoms with Gasteiger partial charge in [0.25, 0.3) is 5.91 Å². The third kappa shape index (κ3) is 2.73. The minimum absolute atomic E-state index is 0.0261. The molecule has 1 heterocycles. The molecular formula is C14H16ClN3O. The fourth-order valence-electron chi connectivity index (χ4n) is 2.18. The zero-order valence-corrected chi connectivity index (χ0v) is 11.5. The molecule has 1 amide bonds. The molecule has 1 aliphatic heterocycles. The van der Waals surface area contributed by atoms with Crippen molar-refractivity contribution >= 4 is 23.5 Å². The minimum Gasteiger partial charge on any atom is -0.342 e. The van der Waals surface area contributed by atoms with Gasteiger partial charge in [-0.2, -0.15) is 0 Å². The van der Waals surface area contributed by atoms with E-state index >= 15 is 0 Å². The van der Waals surface area contributed by atoms with Crippen LogP contribution in [0.15, 0.2) is 29.3 Å². The number of carbonyl (C=O) groups excluding carboxylic acids is 1. The molecule has 5 heteroatoms. The number of aliphatic imine (C=N–C) groups is 1. The van der Waals surface area contributed by atoms with Crippen molar-refractivity contribution in [2.75, 3.05) is 0 Å². The number of benzene rings is 1. The van der Waals surface area contributed by atoms with Gasteiger partial charge in [-0.05, 0) is 37.5 Å². The second kappa shape index (κ2) is 4.53. The van der Waals surface area contributed by atoms with E-state index in [0.29, 0.717) is 23.4 Å². The number of hydrogen-bond acceptors (Lipinski definition) is 2. The molecule has 1 saturated heterocycles. The van der Waals surface area contributed by atoms with Crippen LogP contribution in [0, 0.1) is 0 Å². The third-order valence-corrected chi connectivity index (χ3v) is 3.71. The van der Waals surface area contributed by atoms with Crippen LogP contribution in [0.25, 0.3) is 0 Å². The lowest BCUT2D eigenvalue weighted by molar-refractivity contribution is -0.123. The Morgan fingerprint density at radius 1 is 1.37 bits per heavy atom. The van der Waals surface area contributed by atoms with Crippen molar-refractivity contribution in [1.82, 2.24) is 10.6 Å². The average molecular weight is 278 g/mol. The maximum atomic E-state index is 12.1. The standard InChI is InChI=1S/C14H16ClN3O/c1-14(8-9-2-4-10(15)5-3-9)12(19)17-13(18-14)16-11-6-7-11/h2-5,11H,6-8H2,1H3,(H2,16,17,18,19). The molecule has 100 valence electrons. The Morgan fingerprint density at radius 2 is 2.05 bits per heavy atom. The predicted molar refractivity (Wildman–Crippen MR) is 75.3 cm³/mol. The Morgan fingerprint density at radius 3 is 2.68 bits per heavy atom. The molecular weight excluding hydrogens is 262 g/mol. The highest BCUT2D eigenvalue weighted by atomic mass is 35.5. The van der Waals surface area contributed by atoms with Crippen molar-refractivity contribution in [1.29, 1.82) is 0 Å². The summed E-state index contributed by atoms with van der Waals surface area (Å²) >= 11 is 5.87. The van der Waals surface area contributed by atoms with E-state index in [1.165, 1.54) is 0 Å². The highest BCUT2D eigenvalue weighted by molar-refractivity contribution is 6.30. The molecule has 19 heavy (non-hydrogen) atoms. The summed E-state index contributed by atoms with van der Waals surface area (Å²) in [5.74, 6) is 0.589. The Hall–Kier alpha value is -1.55. The second-order valence-electron chi connectivity index (χ2n) is 5.42. The smallest absolute Gasteiger partial charge is 0.252 e. The van der Waals surface area contributed by atoms with Crippen LogP contribution in [0.3, 0.4) is 0 Å². The number of guanidine groups is 1. The van der Waals surface area contributed by atoms with Gasteiger partial charge in [-0.3, -0.25) is 10.1 Å². The van der Waals surface area contributed by atoms with Crippen molar-refractivity contribution in [3.8, 4) is 0 Å². The highest BCUT2D eigenvalue weighted by Gasteiger charge is 2.41.